The molecule has 68 valence electrons. The molecule has 0 spiro atoms. The lowest BCUT2D eigenvalue weighted by atomic mass is 10.2. The molecule has 0 radical (unpaired) electrons. The van der Waals surface area contributed by atoms with Gasteiger partial charge in [0.2, 0.25) is 0 Å². The lowest BCUT2D eigenvalue weighted by molar-refractivity contribution is 0.113. The summed E-state index contributed by atoms with van der Waals surface area (Å²) < 4.78 is 5.02. The van der Waals surface area contributed by atoms with Crippen LogP contribution in [-0.4, -0.2) is 44.3 Å². The van der Waals surface area contributed by atoms with Gasteiger partial charge in [-0.1, -0.05) is 0 Å². The van der Waals surface area contributed by atoms with E-state index in [4.69, 9.17) is 10.5 Å². The van der Waals surface area contributed by atoms with Crippen LogP contribution in [0.25, 0.3) is 0 Å². The first-order valence-electron chi connectivity index (χ1n) is 4.02. The van der Waals surface area contributed by atoms with Crippen LogP contribution in [-0.2, 0) is 4.74 Å². The first kappa shape index (κ1) is 10.9. The SMILES string of the molecule is COCC(C)N(C)C[C@@H](C)N. The minimum absolute atomic E-state index is 0.235. The number of nitrogens with zero attached hydrogens (tertiary/aromatic N) is 1. The quantitative estimate of drug-likeness (QED) is 0.628. The molecule has 0 aromatic heterocycles. The van der Waals surface area contributed by atoms with Gasteiger partial charge in [0.1, 0.15) is 0 Å². The second-order valence-corrected chi connectivity index (χ2v) is 3.22. The molecule has 0 amide bonds. The van der Waals surface area contributed by atoms with E-state index in [-0.39, 0.29) is 6.04 Å². The van der Waals surface area contributed by atoms with Gasteiger partial charge in [0, 0.05) is 25.7 Å². The Hall–Kier alpha value is -0.120. The molecule has 2 N–H and O–H groups in total. The van der Waals surface area contributed by atoms with E-state index in [9.17, 15) is 0 Å². The maximum Gasteiger partial charge on any atom is 0.0615 e. The number of methoxy groups -OCH3 is 1. The third-order valence-corrected chi connectivity index (χ3v) is 1.74. The van der Waals surface area contributed by atoms with Crippen molar-refractivity contribution >= 4 is 0 Å². The molecule has 0 heterocycles. The molecular weight excluding hydrogens is 140 g/mol. The topological polar surface area (TPSA) is 38.5 Å². The van der Waals surface area contributed by atoms with E-state index >= 15 is 0 Å². The van der Waals surface area contributed by atoms with Gasteiger partial charge >= 0.3 is 0 Å². The average molecular weight is 160 g/mol. The highest BCUT2D eigenvalue weighted by Crippen LogP contribution is 1.95. The lowest BCUT2D eigenvalue weighted by Crippen LogP contribution is -2.40. The molecule has 0 saturated heterocycles. The maximum absolute atomic E-state index is 5.64. The Morgan fingerprint density at radius 2 is 2.00 bits per heavy atom. The van der Waals surface area contributed by atoms with E-state index in [0.717, 1.165) is 13.2 Å². The number of ether oxygens (including phenoxy) is 1. The number of rotatable bonds is 5. The predicted molar refractivity (Wildman–Crippen MR) is 47.6 cm³/mol. The van der Waals surface area contributed by atoms with Crippen molar-refractivity contribution in [3.8, 4) is 0 Å². The summed E-state index contributed by atoms with van der Waals surface area (Å²) in [5.74, 6) is 0. The lowest BCUT2D eigenvalue weighted by Gasteiger charge is -2.25. The predicted octanol–water partition coefficient (Wildman–Crippen LogP) is 0.300. The van der Waals surface area contributed by atoms with Gasteiger partial charge in [-0.2, -0.15) is 0 Å². The van der Waals surface area contributed by atoms with Crippen LogP contribution in [0.5, 0.6) is 0 Å². The molecule has 0 aliphatic carbocycles. The van der Waals surface area contributed by atoms with Gasteiger partial charge in [0.15, 0.2) is 0 Å². The van der Waals surface area contributed by atoms with E-state index in [2.05, 4.69) is 18.9 Å². The standard InChI is InChI=1S/C8H20N2O/c1-7(9)5-10(3)8(2)6-11-4/h7-8H,5-6,9H2,1-4H3/t7-,8?/m1/s1. The van der Waals surface area contributed by atoms with Gasteiger partial charge in [-0.15, -0.1) is 0 Å². The van der Waals surface area contributed by atoms with Gasteiger partial charge in [0.05, 0.1) is 6.61 Å². The Labute approximate surface area is 69.5 Å². The third kappa shape index (κ3) is 5.18. The van der Waals surface area contributed by atoms with Crippen LogP contribution >= 0.6 is 0 Å². The summed E-state index contributed by atoms with van der Waals surface area (Å²) >= 11 is 0. The molecule has 0 aromatic carbocycles. The highest BCUT2D eigenvalue weighted by atomic mass is 16.5. The van der Waals surface area contributed by atoms with Crippen LogP contribution in [0.15, 0.2) is 0 Å². The minimum Gasteiger partial charge on any atom is -0.383 e. The zero-order valence-electron chi connectivity index (χ0n) is 8.00. The van der Waals surface area contributed by atoms with Gasteiger partial charge in [-0.05, 0) is 20.9 Å². The van der Waals surface area contributed by atoms with Crippen molar-refractivity contribution in [2.75, 3.05) is 27.3 Å². The zero-order valence-corrected chi connectivity index (χ0v) is 8.00. The van der Waals surface area contributed by atoms with Crippen molar-refractivity contribution in [3.63, 3.8) is 0 Å². The Balaban J connectivity index is 3.54. The van der Waals surface area contributed by atoms with Gasteiger partial charge in [-0.25, -0.2) is 0 Å². The average Bonchev–Trinajstić information content (AvgIpc) is 1.86. The number of hydrogen-bond donors (Lipinski definition) is 1. The van der Waals surface area contributed by atoms with Crippen LogP contribution in [0.1, 0.15) is 13.8 Å². The number of hydrogen-bond acceptors (Lipinski definition) is 3. The van der Waals surface area contributed by atoms with Crippen LogP contribution in [0.3, 0.4) is 0 Å². The Morgan fingerprint density at radius 1 is 1.45 bits per heavy atom. The minimum atomic E-state index is 0.235. The molecule has 1 unspecified atom stereocenters. The molecule has 0 aliphatic rings. The summed E-state index contributed by atoms with van der Waals surface area (Å²) in [4.78, 5) is 2.20. The van der Waals surface area contributed by atoms with Crippen LogP contribution in [0, 0.1) is 0 Å². The van der Waals surface area contributed by atoms with Crippen molar-refractivity contribution < 1.29 is 4.74 Å². The Morgan fingerprint density at radius 3 is 2.36 bits per heavy atom. The summed E-state index contributed by atoms with van der Waals surface area (Å²) in [6.45, 7) is 5.83. The first-order chi connectivity index (χ1) is 5.07. The van der Waals surface area contributed by atoms with E-state index in [1.165, 1.54) is 0 Å². The van der Waals surface area contributed by atoms with Crippen LogP contribution < -0.4 is 5.73 Å². The fraction of sp³-hybridized carbons (Fsp3) is 1.00. The molecular formula is C8H20N2O. The Kier molecular flexibility index (Phi) is 5.46. The van der Waals surface area contributed by atoms with Crippen molar-refractivity contribution in [1.82, 2.24) is 4.90 Å². The smallest absolute Gasteiger partial charge is 0.0615 e. The molecule has 3 nitrogen and oxygen atoms in total. The van der Waals surface area contributed by atoms with E-state index in [1.54, 1.807) is 7.11 Å². The van der Waals surface area contributed by atoms with E-state index in [0.29, 0.717) is 6.04 Å². The fourth-order valence-corrected chi connectivity index (χ4v) is 1.00. The molecule has 3 heteroatoms. The normalized spacial score (nSPS) is 16.9. The fourth-order valence-electron chi connectivity index (χ4n) is 1.00. The number of likely N-dealkylation sites (N-methyl/N-ethyl adjacent to an activating group) is 1. The summed E-state index contributed by atoms with van der Waals surface area (Å²) in [5, 5.41) is 0. The summed E-state index contributed by atoms with van der Waals surface area (Å²) in [6, 6.07) is 0.685. The van der Waals surface area contributed by atoms with Crippen molar-refractivity contribution in [2.24, 2.45) is 5.73 Å². The second-order valence-electron chi connectivity index (χ2n) is 3.22. The van der Waals surface area contributed by atoms with E-state index in [1.807, 2.05) is 6.92 Å². The molecule has 0 aliphatic heterocycles. The number of nitrogens with two attached hydrogens (primary N) is 1. The zero-order chi connectivity index (χ0) is 8.85. The molecule has 2 atom stereocenters. The molecule has 0 bridgehead atoms. The van der Waals surface area contributed by atoms with Crippen LogP contribution in [0.4, 0.5) is 0 Å². The highest BCUT2D eigenvalue weighted by molar-refractivity contribution is 4.66. The van der Waals surface area contributed by atoms with Crippen molar-refractivity contribution in [1.29, 1.82) is 0 Å². The largest absolute Gasteiger partial charge is 0.383 e. The Bertz CT molecular complexity index is 96.1. The molecule has 0 fully saturated rings. The summed E-state index contributed by atoms with van der Waals surface area (Å²) in [7, 11) is 3.78. The van der Waals surface area contributed by atoms with Gasteiger partial charge in [-0.3, -0.25) is 4.90 Å². The van der Waals surface area contributed by atoms with Gasteiger partial charge in [0.25, 0.3) is 0 Å². The molecule has 0 saturated carbocycles. The first-order valence-corrected chi connectivity index (χ1v) is 4.02. The highest BCUT2D eigenvalue weighted by Gasteiger charge is 2.09. The van der Waals surface area contributed by atoms with Gasteiger partial charge < -0.3 is 10.5 Å². The molecule has 0 aromatic rings. The summed E-state index contributed by atoms with van der Waals surface area (Å²) in [5.41, 5.74) is 5.64. The molecule has 0 rings (SSSR count). The third-order valence-electron chi connectivity index (χ3n) is 1.74. The monoisotopic (exact) mass is 160 g/mol. The molecule has 11 heavy (non-hydrogen) atoms. The van der Waals surface area contributed by atoms with Crippen LogP contribution in [0.2, 0.25) is 0 Å². The maximum atomic E-state index is 5.64. The van der Waals surface area contributed by atoms with E-state index < -0.39 is 0 Å². The summed E-state index contributed by atoms with van der Waals surface area (Å²) in [6.07, 6.45) is 0. The second kappa shape index (κ2) is 5.52. The van der Waals surface area contributed by atoms with Crippen molar-refractivity contribution in [2.45, 2.75) is 25.9 Å². The van der Waals surface area contributed by atoms with Crippen molar-refractivity contribution in [3.05, 3.63) is 0 Å².